The van der Waals surface area contributed by atoms with Gasteiger partial charge in [-0.25, -0.2) is 10.4 Å². The van der Waals surface area contributed by atoms with E-state index >= 15 is 0 Å². The molecule has 1 amide bonds. The van der Waals surface area contributed by atoms with E-state index in [4.69, 9.17) is 9.47 Å². The Morgan fingerprint density at radius 2 is 2.05 bits per heavy atom. The Morgan fingerprint density at radius 3 is 2.84 bits per heavy atom. The molecule has 1 atom stereocenters. The number of benzene rings is 2. The number of carbonyl (C=O) groups excluding carboxylic acids is 1. The van der Waals surface area contributed by atoms with Crippen molar-refractivity contribution in [2.24, 2.45) is 11.0 Å². The highest BCUT2D eigenvalue weighted by Crippen LogP contribution is 2.35. The standard InChI is InChI=1S/C29H30N4O4S/c1-18-4-7-20(8-5-18)16-37-23-11-9-21(13-24(23)36-3)14-31-32-26(34)15-33-17-30-28-27(29(33)35)22-10-6-19(2)12-25(22)38-28/h4-5,7-9,11,13-14,17,19H,6,10,12,15-16H2,1-3H3,(H,32,34)/b31-14-/t19-/m0/s1. The molecular weight excluding hydrogens is 500 g/mol. The lowest BCUT2D eigenvalue weighted by atomic mass is 9.89. The maximum absolute atomic E-state index is 13.1. The topological polar surface area (TPSA) is 94.8 Å². The van der Waals surface area contributed by atoms with Gasteiger partial charge in [-0.05, 0) is 67.0 Å². The van der Waals surface area contributed by atoms with Gasteiger partial charge in [0.2, 0.25) is 0 Å². The van der Waals surface area contributed by atoms with Crippen LogP contribution >= 0.6 is 11.3 Å². The summed E-state index contributed by atoms with van der Waals surface area (Å²) < 4.78 is 12.7. The molecule has 0 fully saturated rings. The summed E-state index contributed by atoms with van der Waals surface area (Å²) in [5, 5.41) is 4.71. The number of hydrazone groups is 1. The third-order valence-corrected chi connectivity index (χ3v) is 7.86. The molecule has 0 spiro atoms. The number of methoxy groups -OCH3 is 1. The van der Waals surface area contributed by atoms with Crippen LogP contribution in [0.1, 0.15) is 40.5 Å². The zero-order valence-electron chi connectivity index (χ0n) is 21.7. The van der Waals surface area contributed by atoms with Crippen molar-refractivity contribution in [1.29, 1.82) is 0 Å². The highest BCUT2D eigenvalue weighted by Gasteiger charge is 2.23. The molecule has 2 heterocycles. The maximum atomic E-state index is 13.1. The van der Waals surface area contributed by atoms with E-state index in [2.05, 4.69) is 22.4 Å². The molecule has 5 rings (SSSR count). The molecule has 38 heavy (non-hydrogen) atoms. The number of hydrogen-bond acceptors (Lipinski definition) is 7. The molecular formula is C29H30N4O4S. The first-order chi connectivity index (χ1) is 18.4. The summed E-state index contributed by atoms with van der Waals surface area (Å²) in [7, 11) is 1.57. The maximum Gasteiger partial charge on any atom is 0.262 e. The fraction of sp³-hybridized carbons (Fsp3) is 0.310. The van der Waals surface area contributed by atoms with Crippen LogP contribution in [0.15, 0.2) is 58.7 Å². The number of nitrogens with one attached hydrogen (secondary N) is 1. The van der Waals surface area contributed by atoms with Gasteiger partial charge in [0.05, 0.1) is 25.0 Å². The van der Waals surface area contributed by atoms with Gasteiger partial charge in [0, 0.05) is 4.88 Å². The highest BCUT2D eigenvalue weighted by atomic mass is 32.1. The number of hydrogen-bond donors (Lipinski definition) is 1. The van der Waals surface area contributed by atoms with Gasteiger partial charge in [-0.3, -0.25) is 14.2 Å². The van der Waals surface area contributed by atoms with Crippen LogP contribution in [-0.2, 0) is 30.8 Å². The lowest BCUT2D eigenvalue weighted by Gasteiger charge is -2.17. The number of aromatic nitrogens is 2. The molecule has 0 bridgehead atoms. The molecule has 0 unspecified atom stereocenters. The van der Waals surface area contributed by atoms with Gasteiger partial charge in [-0.2, -0.15) is 5.10 Å². The molecule has 0 radical (unpaired) electrons. The number of ether oxygens (including phenoxy) is 2. The lowest BCUT2D eigenvalue weighted by molar-refractivity contribution is -0.121. The van der Waals surface area contributed by atoms with Crippen molar-refractivity contribution in [2.45, 2.75) is 46.3 Å². The quantitative estimate of drug-likeness (QED) is 0.265. The summed E-state index contributed by atoms with van der Waals surface area (Å²) >= 11 is 1.60. The molecule has 4 aromatic rings. The van der Waals surface area contributed by atoms with E-state index in [0.717, 1.165) is 40.8 Å². The molecule has 0 aliphatic heterocycles. The fourth-order valence-electron chi connectivity index (χ4n) is 4.58. The van der Waals surface area contributed by atoms with Crippen molar-refractivity contribution in [3.05, 3.63) is 86.3 Å². The van der Waals surface area contributed by atoms with Crippen LogP contribution in [0.5, 0.6) is 11.5 Å². The summed E-state index contributed by atoms with van der Waals surface area (Å²) in [6.07, 6.45) is 5.89. The zero-order valence-corrected chi connectivity index (χ0v) is 22.5. The van der Waals surface area contributed by atoms with Crippen LogP contribution in [0.3, 0.4) is 0 Å². The van der Waals surface area contributed by atoms with Gasteiger partial charge < -0.3 is 9.47 Å². The Kier molecular flexibility index (Phi) is 7.55. The highest BCUT2D eigenvalue weighted by molar-refractivity contribution is 7.18. The van der Waals surface area contributed by atoms with E-state index < -0.39 is 5.91 Å². The van der Waals surface area contributed by atoms with Crippen LogP contribution in [0.25, 0.3) is 10.2 Å². The Balaban J connectivity index is 1.21. The zero-order chi connectivity index (χ0) is 26.6. The third kappa shape index (κ3) is 5.62. The second-order valence-electron chi connectivity index (χ2n) is 9.69. The first-order valence-corrected chi connectivity index (χ1v) is 13.4. The number of fused-ring (bicyclic) bond motifs is 3. The number of rotatable bonds is 8. The van der Waals surface area contributed by atoms with Crippen LogP contribution in [0.2, 0.25) is 0 Å². The molecule has 1 aliphatic rings. The minimum absolute atomic E-state index is 0.157. The first kappa shape index (κ1) is 25.7. The van der Waals surface area contributed by atoms with E-state index in [9.17, 15) is 9.59 Å². The first-order valence-electron chi connectivity index (χ1n) is 12.6. The molecule has 0 saturated heterocycles. The van der Waals surface area contributed by atoms with Gasteiger partial charge in [-0.1, -0.05) is 36.8 Å². The number of carbonyl (C=O) groups is 1. The third-order valence-electron chi connectivity index (χ3n) is 6.70. The predicted molar refractivity (Wildman–Crippen MR) is 149 cm³/mol. The largest absolute Gasteiger partial charge is 0.493 e. The average Bonchev–Trinajstić information content (AvgIpc) is 3.28. The number of thiophene rings is 1. The molecule has 0 saturated carbocycles. The summed E-state index contributed by atoms with van der Waals surface area (Å²) in [6, 6.07) is 13.6. The summed E-state index contributed by atoms with van der Waals surface area (Å²) in [4.78, 5) is 32.1. The second kappa shape index (κ2) is 11.2. The minimum Gasteiger partial charge on any atom is -0.493 e. The predicted octanol–water partition coefficient (Wildman–Crippen LogP) is 4.63. The van der Waals surface area contributed by atoms with Crippen LogP contribution in [-0.4, -0.2) is 28.8 Å². The van der Waals surface area contributed by atoms with Crippen LogP contribution < -0.4 is 20.5 Å². The van der Waals surface area contributed by atoms with E-state index in [1.807, 2.05) is 37.3 Å². The second-order valence-corrected chi connectivity index (χ2v) is 10.8. The fourth-order valence-corrected chi connectivity index (χ4v) is 5.92. The van der Waals surface area contributed by atoms with Crippen molar-refractivity contribution in [1.82, 2.24) is 15.0 Å². The summed E-state index contributed by atoms with van der Waals surface area (Å²) in [6.45, 7) is 4.54. The minimum atomic E-state index is -0.410. The molecule has 196 valence electrons. The molecule has 2 aromatic heterocycles. The Hall–Kier alpha value is -3.98. The van der Waals surface area contributed by atoms with Gasteiger partial charge in [0.15, 0.2) is 11.5 Å². The van der Waals surface area contributed by atoms with Crippen molar-refractivity contribution in [2.75, 3.05) is 7.11 Å². The van der Waals surface area contributed by atoms with Gasteiger partial charge in [0.1, 0.15) is 18.0 Å². The molecule has 9 heteroatoms. The molecule has 8 nitrogen and oxygen atoms in total. The monoisotopic (exact) mass is 530 g/mol. The molecule has 1 N–H and O–H groups in total. The van der Waals surface area contributed by atoms with Crippen molar-refractivity contribution in [3.63, 3.8) is 0 Å². The SMILES string of the molecule is COc1cc(/C=N\NC(=O)Cn2cnc3sc4c(c3c2=O)CC[C@H](C)C4)ccc1OCc1ccc(C)cc1. The number of aryl methyl sites for hydroxylation is 2. The Labute approximate surface area is 224 Å². The van der Waals surface area contributed by atoms with Crippen molar-refractivity contribution >= 4 is 33.7 Å². The smallest absolute Gasteiger partial charge is 0.262 e. The molecule has 2 aromatic carbocycles. The Morgan fingerprint density at radius 1 is 1.24 bits per heavy atom. The lowest BCUT2D eigenvalue weighted by Crippen LogP contribution is -2.30. The number of nitrogens with zero attached hydrogens (tertiary/aromatic N) is 3. The summed E-state index contributed by atoms with van der Waals surface area (Å²) in [5.41, 5.74) is 6.41. The number of amides is 1. The normalized spacial score (nSPS) is 15.0. The van der Waals surface area contributed by atoms with Crippen molar-refractivity contribution in [3.8, 4) is 11.5 Å². The molecule has 1 aliphatic carbocycles. The van der Waals surface area contributed by atoms with Gasteiger partial charge >= 0.3 is 0 Å². The van der Waals surface area contributed by atoms with Crippen molar-refractivity contribution < 1.29 is 14.3 Å². The summed E-state index contributed by atoms with van der Waals surface area (Å²) in [5.74, 6) is 1.38. The van der Waals surface area contributed by atoms with Crippen LogP contribution in [0, 0.1) is 12.8 Å². The van der Waals surface area contributed by atoms with Crippen LogP contribution in [0.4, 0.5) is 0 Å². The van der Waals surface area contributed by atoms with E-state index in [-0.39, 0.29) is 12.1 Å². The van der Waals surface area contributed by atoms with E-state index in [1.165, 1.54) is 27.5 Å². The van der Waals surface area contributed by atoms with Gasteiger partial charge in [0.25, 0.3) is 11.5 Å². The van der Waals surface area contributed by atoms with Gasteiger partial charge in [-0.15, -0.1) is 11.3 Å². The van der Waals surface area contributed by atoms with E-state index in [0.29, 0.717) is 29.4 Å². The average molecular weight is 531 g/mol. The van der Waals surface area contributed by atoms with E-state index in [1.54, 1.807) is 30.6 Å². The Bertz CT molecular complexity index is 1560.